The lowest BCUT2D eigenvalue weighted by atomic mass is 10.1. The minimum atomic E-state index is 0.482. The van der Waals surface area contributed by atoms with Gasteiger partial charge in [0.15, 0.2) is 17.3 Å². The summed E-state index contributed by atoms with van der Waals surface area (Å²) in [7, 11) is 3.30. The molecule has 0 saturated carbocycles. The van der Waals surface area contributed by atoms with Gasteiger partial charge in [0.2, 0.25) is 0 Å². The Morgan fingerprint density at radius 3 is 2.65 bits per heavy atom. The molecule has 0 radical (unpaired) electrons. The number of H-pyrrole nitrogens is 1. The second kappa shape index (κ2) is 11.8. The van der Waals surface area contributed by atoms with Gasteiger partial charge < -0.3 is 24.1 Å². The Balaban J connectivity index is 1.30. The van der Waals surface area contributed by atoms with Gasteiger partial charge in [-0.05, 0) is 36.6 Å². The maximum atomic E-state index is 5.52. The number of methoxy groups -OCH3 is 2. The van der Waals surface area contributed by atoms with Crippen molar-refractivity contribution in [3.05, 3.63) is 71.7 Å². The summed E-state index contributed by atoms with van der Waals surface area (Å²) in [6, 6.07) is 16.1. The van der Waals surface area contributed by atoms with Gasteiger partial charge in [-0.3, -0.25) is 0 Å². The fourth-order valence-electron chi connectivity index (χ4n) is 4.52. The van der Waals surface area contributed by atoms with Gasteiger partial charge in [-0.25, -0.2) is 9.97 Å². The van der Waals surface area contributed by atoms with Crippen LogP contribution in [0, 0.1) is 0 Å². The number of nitrogens with zero attached hydrogens (tertiary/aromatic N) is 5. The van der Waals surface area contributed by atoms with Gasteiger partial charge in [-0.2, -0.15) is 5.11 Å². The molecule has 1 saturated heterocycles. The number of aromatic nitrogens is 3. The number of ether oxygens (including phenoxy) is 3. The van der Waals surface area contributed by atoms with Gasteiger partial charge in [-0.1, -0.05) is 24.3 Å². The fraction of sp³-hybridized carbons (Fsp3) is 0.357. The van der Waals surface area contributed by atoms with E-state index >= 15 is 0 Å². The van der Waals surface area contributed by atoms with Crippen LogP contribution >= 0.6 is 0 Å². The first-order valence-corrected chi connectivity index (χ1v) is 12.6. The molecule has 4 aromatic rings. The monoisotopic (exact) mass is 500 g/mol. The number of aryl methyl sites for hydroxylation is 2. The van der Waals surface area contributed by atoms with Crippen molar-refractivity contribution in [2.45, 2.75) is 25.8 Å². The van der Waals surface area contributed by atoms with E-state index in [-0.39, 0.29) is 0 Å². The van der Waals surface area contributed by atoms with Gasteiger partial charge in [-0.15, -0.1) is 5.11 Å². The lowest BCUT2D eigenvalue weighted by molar-refractivity contribution is 0.122. The van der Waals surface area contributed by atoms with E-state index in [1.54, 1.807) is 14.2 Å². The normalized spacial score (nSPS) is 13.9. The molecule has 0 spiro atoms. The summed E-state index contributed by atoms with van der Waals surface area (Å²) in [5.41, 5.74) is 3.39. The lowest BCUT2D eigenvalue weighted by Gasteiger charge is -2.28. The van der Waals surface area contributed by atoms with Crippen LogP contribution in [-0.4, -0.2) is 55.5 Å². The largest absolute Gasteiger partial charge is 0.493 e. The van der Waals surface area contributed by atoms with Gasteiger partial charge in [0.1, 0.15) is 11.6 Å². The summed E-state index contributed by atoms with van der Waals surface area (Å²) in [6.45, 7) is 3.46. The highest BCUT2D eigenvalue weighted by Crippen LogP contribution is 2.28. The van der Waals surface area contributed by atoms with Crippen molar-refractivity contribution in [2.24, 2.45) is 10.2 Å². The molecule has 5 rings (SSSR count). The third-order valence-corrected chi connectivity index (χ3v) is 6.48. The quantitative estimate of drug-likeness (QED) is 0.298. The van der Waals surface area contributed by atoms with Crippen molar-refractivity contribution in [1.29, 1.82) is 0 Å². The number of aromatic amines is 1. The van der Waals surface area contributed by atoms with Crippen LogP contribution in [-0.2, 0) is 24.1 Å². The van der Waals surface area contributed by atoms with Crippen molar-refractivity contribution in [2.75, 3.05) is 45.4 Å². The molecule has 3 heterocycles. The molecule has 2 aromatic heterocycles. The minimum absolute atomic E-state index is 0.482. The zero-order valence-corrected chi connectivity index (χ0v) is 21.3. The molecule has 2 aromatic carbocycles. The Kier molecular flexibility index (Phi) is 7.90. The molecule has 0 amide bonds. The minimum Gasteiger partial charge on any atom is -0.493 e. The molecule has 0 bridgehead atoms. The fourth-order valence-corrected chi connectivity index (χ4v) is 4.52. The smallest absolute Gasteiger partial charge is 0.179 e. The summed E-state index contributed by atoms with van der Waals surface area (Å²) in [4.78, 5) is 15.1. The first-order chi connectivity index (χ1) is 18.2. The number of hydrogen-bond acceptors (Lipinski definition) is 8. The highest BCUT2D eigenvalue weighted by Gasteiger charge is 2.15. The molecule has 192 valence electrons. The number of rotatable bonds is 10. The van der Waals surface area contributed by atoms with Crippen molar-refractivity contribution in [1.82, 2.24) is 15.0 Å². The van der Waals surface area contributed by atoms with Crippen LogP contribution in [0.15, 0.2) is 65.0 Å². The van der Waals surface area contributed by atoms with E-state index in [4.69, 9.17) is 24.2 Å². The van der Waals surface area contributed by atoms with Crippen LogP contribution < -0.4 is 14.4 Å². The molecule has 9 nitrogen and oxygen atoms in total. The zero-order valence-electron chi connectivity index (χ0n) is 21.3. The van der Waals surface area contributed by atoms with Crippen molar-refractivity contribution < 1.29 is 14.2 Å². The number of morpholine rings is 1. The van der Waals surface area contributed by atoms with E-state index < -0.39 is 0 Å². The topological polar surface area (TPSA) is 97.2 Å². The summed E-state index contributed by atoms with van der Waals surface area (Å²) in [5.74, 6) is 3.70. The molecule has 9 heteroatoms. The van der Waals surface area contributed by atoms with E-state index in [0.717, 1.165) is 72.0 Å². The van der Waals surface area contributed by atoms with Crippen LogP contribution in [0.3, 0.4) is 0 Å². The molecular weight excluding hydrogens is 468 g/mol. The summed E-state index contributed by atoms with van der Waals surface area (Å²) in [6.07, 6.45) is 4.50. The van der Waals surface area contributed by atoms with Gasteiger partial charge in [0.25, 0.3) is 0 Å². The van der Waals surface area contributed by atoms with Gasteiger partial charge in [0.05, 0.1) is 34.0 Å². The van der Waals surface area contributed by atoms with Crippen molar-refractivity contribution in [3.8, 4) is 11.5 Å². The standard InChI is InChI=1S/C28H32N6O3/c1-35-24-11-10-20(16-25(24)36-2)6-5-9-26-31-27(17-28(32-26)34-12-14-37-15-13-34)33-30-19-21-18-29-23-8-4-3-7-22(21)23/h3-4,7-8,10-11,16-18,29H,5-6,9,12-15,19H2,1-2H3. The van der Waals surface area contributed by atoms with Gasteiger partial charge >= 0.3 is 0 Å². The predicted octanol–water partition coefficient (Wildman–Crippen LogP) is 5.27. The molecule has 1 fully saturated rings. The van der Waals surface area contributed by atoms with E-state index in [1.165, 1.54) is 5.56 Å². The lowest BCUT2D eigenvalue weighted by Crippen LogP contribution is -2.36. The number of nitrogens with one attached hydrogen (secondary N) is 1. The van der Waals surface area contributed by atoms with Crippen LogP contribution in [0.25, 0.3) is 10.9 Å². The molecule has 37 heavy (non-hydrogen) atoms. The Labute approximate surface area is 216 Å². The highest BCUT2D eigenvalue weighted by atomic mass is 16.5. The molecule has 0 unspecified atom stereocenters. The number of benzene rings is 2. The Morgan fingerprint density at radius 2 is 1.81 bits per heavy atom. The number of fused-ring (bicyclic) bond motifs is 1. The molecule has 1 N–H and O–H groups in total. The number of azo groups is 1. The Morgan fingerprint density at radius 1 is 0.973 bits per heavy atom. The third-order valence-electron chi connectivity index (χ3n) is 6.48. The summed E-state index contributed by atoms with van der Waals surface area (Å²) < 4.78 is 16.3. The van der Waals surface area contributed by atoms with Gasteiger partial charge in [0, 0.05) is 48.2 Å². The third kappa shape index (κ3) is 6.06. The summed E-state index contributed by atoms with van der Waals surface area (Å²) in [5, 5.41) is 10.1. The average Bonchev–Trinajstić information content (AvgIpc) is 3.36. The average molecular weight is 501 g/mol. The maximum Gasteiger partial charge on any atom is 0.179 e. The number of para-hydroxylation sites is 1. The molecule has 1 aliphatic rings. The van der Waals surface area contributed by atoms with Crippen LogP contribution in [0.4, 0.5) is 11.6 Å². The number of hydrogen-bond donors (Lipinski definition) is 1. The van der Waals surface area contributed by atoms with Crippen molar-refractivity contribution >= 4 is 22.5 Å². The first-order valence-electron chi connectivity index (χ1n) is 12.6. The van der Waals surface area contributed by atoms with Crippen LogP contribution in [0.1, 0.15) is 23.4 Å². The maximum absolute atomic E-state index is 5.52. The van der Waals surface area contributed by atoms with Crippen LogP contribution in [0.2, 0.25) is 0 Å². The Bertz CT molecular complexity index is 1360. The summed E-state index contributed by atoms with van der Waals surface area (Å²) >= 11 is 0. The molecular formula is C28H32N6O3. The highest BCUT2D eigenvalue weighted by molar-refractivity contribution is 5.82. The SMILES string of the molecule is COc1ccc(CCCc2nc(N=NCc3c[nH]c4ccccc34)cc(N3CCOCC3)n2)cc1OC. The predicted molar refractivity (Wildman–Crippen MR) is 143 cm³/mol. The van der Waals surface area contributed by atoms with E-state index in [1.807, 2.05) is 36.5 Å². The first kappa shape index (κ1) is 24.7. The second-order valence-electron chi connectivity index (χ2n) is 8.90. The Hall–Kier alpha value is -3.98. The molecule has 0 atom stereocenters. The molecule has 1 aliphatic heterocycles. The number of anilines is 1. The van der Waals surface area contributed by atoms with E-state index in [9.17, 15) is 0 Å². The van der Waals surface area contributed by atoms with E-state index in [2.05, 4.69) is 38.3 Å². The molecule has 0 aliphatic carbocycles. The van der Waals surface area contributed by atoms with Crippen LogP contribution in [0.5, 0.6) is 11.5 Å². The zero-order chi connectivity index (χ0) is 25.5. The second-order valence-corrected chi connectivity index (χ2v) is 8.90. The van der Waals surface area contributed by atoms with Crippen molar-refractivity contribution in [3.63, 3.8) is 0 Å². The van der Waals surface area contributed by atoms with E-state index in [0.29, 0.717) is 25.6 Å².